The maximum absolute atomic E-state index is 12.7. The summed E-state index contributed by atoms with van der Waals surface area (Å²) in [7, 11) is -4.08. The van der Waals surface area contributed by atoms with E-state index < -0.39 is 21.5 Å². The van der Waals surface area contributed by atoms with Crippen LogP contribution in [0.5, 0.6) is 5.88 Å². The fraction of sp³-hybridized carbons (Fsp3) is 0.500. The van der Waals surface area contributed by atoms with Gasteiger partial charge in [-0.3, -0.25) is 4.90 Å². The summed E-state index contributed by atoms with van der Waals surface area (Å²) in [6.45, 7) is 3.62. The van der Waals surface area contributed by atoms with Crippen molar-refractivity contribution in [2.24, 2.45) is 7.05 Å². The molecule has 26 heavy (non-hydrogen) atoms. The number of ether oxygens (including phenoxy) is 1. The lowest BCUT2D eigenvalue weighted by atomic mass is 10.2. The average molecular weight is 393 g/mol. The van der Waals surface area contributed by atoms with Gasteiger partial charge in [0.1, 0.15) is 30.6 Å². The number of rotatable bonds is 3. The van der Waals surface area contributed by atoms with Crippen LogP contribution in [0, 0.1) is 6.92 Å². The van der Waals surface area contributed by atoms with Crippen LogP contribution >= 0.6 is 0 Å². The zero-order chi connectivity index (χ0) is 19.1. The van der Waals surface area contributed by atoms with Crippen molar-refractivity contribution in [3.8, 4) is 5.88 Å². The van der Waals surface area contributed by atoms with Crippen LogP contribution in [0.15, 0.2) is 12.3 Å². The zero-order valence-electron chi connectivity index (χ0n) is 13.9. The van der Waals surface area contributed by atoms with E-state index in [-0.39, 0.29) is 16.7 Å². The summed E-state index contributed by atoms with van der Waals surface area (Å²) >= 11 is 0. The zero-order valence-corrected chi connectivity index (χ0v) is 14.8. The molecule has 0 unspecified atom stereocenters. The van der Waals surface area contributed by atoms with Crippen molar-refractivity contribution in [3.63, 3.8) is 0 Å². The molecule has 0 bridgehead atoms. The van der Waals surface area contributed by atoms with Gasteiger partial charge < -0.3 is 8.92 Å². The Labute approximate surface area is 147 Å². The predicted octanol–water partition coefficient (Wildman–Crippen LogP) is 0.828. The lowest BCUT2D eigenvalue weighted by molar-refractivity contribution is -0.657. The molecular weight excluding hydrogens is 377 g/mol. The Bertz CT molecular complexity index is 943. The molecule has 0 spiro atoms. The molecule has 0 aromatic carbocycles. The maximum atomic E-state index is 12.7. The Kier molecular flexibility index (Phi) is 4.65. The highest BCUT2D eigenvalue weighted by atomic mass is 32.2. The number of hydrogen-bond donors (Lipinski definition) is 0. The van der Waals surface area contributed by atoms with Crippen molar-refractivity contribution < 1.29 is 35.1 Å². The van der Waals surface area contributed by atoms with Crippen molar-refractivity contribution in [3.05, 3.63) is 18.1 Å². The number of nitrogens with zero attached hydrogens (tertiary/aromatic N) is 4. The second-order valence-corrected chi connectivity index (χ2v) is 7.24. The second-order valence-electron chi connectivity index (χ2n) is 5.70. The summed E-state index contributed by atoms with van der Waals surface area (Å²) in [5, 5.41) is 0.0722. The molecule has 0 atom stereocenters. The minimum atomic E-state index is -5.84. The second kappa shape index (κ2) is 6.50. The van der Waals surface area contributed by atoms with Gasteiger partial charge in [-0.2, -0.15) is 26.6 Å². The monoisotopic (exact) mass is 393 g/mol. The Morgan fingerprint density at radius 3 is 2.54 bits per heavy atom. The molecule has 2 aromatic rings. The molecule has 0 saturated carbocycles. The number of hydrogen-bond acceptors (Lipinski definition) is 7. The van der Waals surface area contributed by atoms with Crippen LogP contribution in [0.4, 0.5) is 19.0 Å². The molecular formula is C14H16F3N4O4S+. The molecule has 0 N–H and O–H groups in total. The first-order valence-corrected chi connectivity index (χ1v) is 9.01. The van der Waals surface area contributed by atoms with Crippen LogP contribution in [0.1, 0.15) is 5.82 Å². The van der Waals surface area contributed by atoms with Gasteiger partial charge in [0.25, 0.3) is 5.82 Å². The van der Waals surface area contributed by atoms with E-state index in [0.717, 1.165) is 0 Å². The van der Waals surface area contributed by atoms with Crippen molar-refractivity contribution in [1.82, 2.24) is 9.97 Å². The van der Waals surface area contributed by atoms with Gasteiger partial charge in [-0.1, -0.05) is 0 Å². The summed E-state index contributed by atoms with van der Waals surface area (Å²) in [4.78, 5) is 9.86. The molecule has 1 fully saturated rings. The van der Waals surface area contributed by atoms with E-state index in [9.17, 15) is 21.6 Å². The predicted molar refractivity (Wildman–Crippen MR) is 84.1 cm³/mol. The molecule has 0 radical (unpaired) electrons. The lowest BCUT2D eigenvalue weighted by Crippen LogP contribution is -2.44. The normalized spacial score (nSPS) is 16.1. The number of morpholine rings is 1. The summed E-state index contributed by atoms with van der Waals surface area (Å²) in [6.07, 6.45) is 1.59. The molecule has 1 aliphatic heterocycles. The smallest absolute Gasteiger partial charge is 0.373 e. The maximum Gasteiger partial charge on any atom is 0.534 e. The van der Waals surface area contributed by atoms with Crippen molar-refractivity contribution in [2.45, 2.75) is 12.4 Å². The van der Waals surface area contributed by atoms with E-state index in [1.807, 2.05) is 4.90 Å². The van der Waals surface area contributed by atoms with Gasteiger partial charge >= 0.3 is 15.6 Å². The Hall–Kier alpha value is -2.21. The molecule has 3 rings (SSSR count). The number of alkyl halides is 3. The highest BCUT2D eigenvalue weighted by Crippen LogP contribution is 2.31. The first kappa shape index (κ1) is 18.6. The van der Waals surface area contributed by atoms with Gasteiger partial charge in [-0.15, -0.1) is 0 Å². The molecule has 3 heterocycles. The van der Waals surface area contributed by atoms with E-state index in [1.54, 1.807) is 17.8 Å². The van der Waals surface area contributed by atoms with Crippen LogP contribution in [-0.4, -0.2) is 50.2 Å². The van der Waals surface area contributed by atoms with E-state index in [4.69, 9.17) is 4.74 Å². The Morgan fingerprint density at radius 1 is 1.27 bits per heavy atom. The van der Waals surface area contributed by atoms with Gasteiger partial charge in [-0.25, -0.2) is 9.55 Å². The molecule has 142 valence electrons. The van der Waals surface area contributed by atoms with Crippen LogP contribution in [0.3, 0.4) is 0 Å². The van der Waals surface area contributed by atoms with Crippen LogP contribution < -0.4 is 13.7 Å². The van der Waals surface area contributed by atoms with Crippen molar-refractivity contribution in [2.75, 3.05) is 31.2 Å². The van der Waals surface area contributed by atoms with Crippen LogP contribution in [0.25, 0.3) is 10.9 Å². The average Bonchev–Trinajstić information content (AvgIpc) is 2.53. The highest BCUT2D eigenvalue weighted by molar-refractivity contribution is 7.88. The molecule has 2 aromatic heterocycles. The number of halogens is 3. The fourth-order valence-electron chi connectivity index (χ4n) is 2.61. The summed E-state index contributed by atoms with van der Waals surface area (Å²) in [5.41, 5.74) is -5.28. The minimum Gasteiger partial charge on any atom is -0.373 e. The van der Waals surface area contributed by atoms with Gasteiger partial charge in [0, 0.05) is 6.07 Å². The highest BCUT2D eigenvalue weighted by Gasteiger charge is 2.49. The fourth-order valence-corrected chi connectivity index (χ4v) is 3.04. The van der Waals surface area contributed by atoms with E-state index in [2.05, 4.69) is 14.2 Å². The number of anilines is 1. The Balaban J connectivity index is 2.13. The van der Waals surface area contributed by atoms with Gasteiger partial charge in [0.2, 0.25) is 5.88 Å². The Morgan fingerprint density at radius 2 is 1.92 bits per heavy atom. The van der Waals surface area contributed by atoms with E-state index in [1.165, 1.54) is 13.0 Å². The third-order valence-electron chi connectivity index (χ3n) is 3.81. The van der Waals surface area contributed by atoms with Gasteiger partial charge in [0.05, 0.1) is 25.6 Å². The SMILES string of the molecule is Cc1nc(OS(=O)(=O)C(F)(F)F)c2cc(N3CCOCC3)[n+](C)cc2n1. The van der Waals surface area contributed by atoms with E-state index in [0.29, 0.717) is 32.1 Å². The molecule has 8 nitrogen and oxygen atoms in total. The largest absolute Gasteiger partial charge is 0.534 e. The first-order valence-electron chi connectivity index (χ1n) is 7.60. The van der Waals surface area contributed by atoms with Crippen molar-refractivity contribution >= 4 is 26.8 Å². The number of fused-ring (bicyclic) bond motifs is 1. The van der Waals surface area contributed by atoms with Gasteiger partial charge in [0.15, 0.2) is 0 Å². The number of aromatic nitrogens is 3. The third kappa shape index (κ3) is 3.51. The number of pyridine rings is 1. The minimum absolute atomic E-state index is 0.0722. The molecule has 1 saturated heterocycles. The third-order valence-corrected chi connectivity index (χ3v) is 4.75. The molecule has 0 aliphatic carbocycles. The molecule has 12 heteroatoms. The summed E-state index contributed by atoms with van der Waals surface area (Å²) in [6, 6.07) is 1.52. The van der Waals surface area contributed by atoms with Gasteiger partial charge in [-0.05, 0) is 6.92 Å². The summed E-state index contributed by atoms with van der Waals surface area (Å²) < 4.78 is 72.1. The summed E-state index contributed by atoms with van der Waals surface area (Å²) in [5.74, 6) is 0.0893. The molecule has 0 amide bonds. The van der Waals surface area contributed by atoms with E-state index >= 15 is 0 Å². The quantitative estimate of drug-likeness (QED) is 0.434. The van der Waals surface area contributed by atoms with Crippen LogP contribution in [-0.2, 0) is 21.9 Å². The molecule has 1 aliphatic rings. The standard InChI is InChI=1S/C14H16F3N4O4S/c1-9-18-11-8-20(2)12(21-3-5-24-6-4-21)7-10(11)13(19-9)25-26(22,23)14(15,16)17/h7-8H,3-6H2,1-2H3/q+1. The topological polar surface area (TPSA) is 85.5 Å². The first-order chi connectivity index (χ1) is 12.1. The number of aryl methyl sites for hydroxylation is 2. The van der Waals surface area contributed by atoms with Crippen molar-refractivity contribution in [1.29, 1.82) is 0 Å². The van der Waals surface area contributed by atoms with Crippen LogP contribution in [0.2, 0.25) is 0 Å². The lowest BCUT2D eigenvalue weighted by Gasteiger charge is -2.23.